The van der Waals surface area contributed by atoms with Gasteiger partial charge < -0.3 is 5.73 Å². The van der Waals surface area contributed by atoms with E-state index in [1.165, 1.54) is 12.1 Å². The molecule has 2 N–H and O–H groups in total. The van der Waals surface area contributed by atoms with Gasteiger partial charge in [0.05, 0.1) is 16.6 Å². The minimum absolute atomic E-state index is 0.0443. The summed E-state index contributed by atoms with van der Waals surface area (Å²) in [7, 11) is 0. The largest absolute Gasteiger partial charge is 0.359 e. The molecular weight excluding hydrogens is 210 g/mol. The van der Waals surface area contributed by atoms with Gasteiger partial charge in [-0.15, -0.1) is 0 Å². The number of hydrogen-bond donors (Lipinski definition) is 1. The van der Waals surface area contributed by atoms with E-state index in [1.54, 1.807) is 6.07 Å². The van der Waals surface area contributed by atoms with Crippen LogP contribution in [0.25, 0.3) is 0 Å². The molecule has 1 aromatic carbocycles. The lowest BCUT2D eigenvalue weighted by atomic mass is 10.1. The Morgan fingerprint density at radius 3 is 2.69 bits per heavy atom. The molecule has 6 nitrogen and oxygen atoms in total. The van der Waals surface area contributed by atoms with Crippen LogP contribution in [-0.4, -0.2) is 10.8 Å². The lowest BCUT2D eigenvalue weighted by molar-refractivity contribution is -0.385. The van der Waals surface area contributed by atoms with Crippen LogP contribution >= 0.6 is 0 Å². The van der Waals surface area contributed by atoms with Gasteiger partial charge >= 0.3 is 0 Å². The first kappa shape index (κ1) is 11.2. The fourth-order valence-electron chi connectivity index (χ4n) is 0.987. The highest BCUT2D eigenvalue weighted by molar-refractivity contribution is 5.92. The van der Waals surface area contributed by atoms with Crippen LogP contribution in [0.1, 0.15) is 11.1 Å². The number of nitriles is 1. The highest BCUT2D eigenvalue weighted by atomic mass is 16.6. The molecule has 16 heavy (non-hydrogen) atoms. The van der Waals surface area contributed by atoms with Gasteiger partial charge in [-0.25, -0.2) is 0 Å². The van der Waals surface area contributed by atoms with Crippen LogP contribution in [0.5, 0.6) is 0 Å². The number of nitro benzene ring substituents is 1. The molecule has 6 heteroatoms. The topological polar surface area (TPSA) is 110 Å². The second-order valence-corrected chi connectivity index (χ2v) is 2.72. The molecule has 0 aromatic heterocycles. The van der Waals surface area contributed by atoms with E-state index in [-0.39, 0.29) is 16.8 Å². The number of rotatable bonds is 1. The second-order valence-electron chi connectivity index (χ2n) is 2.72. The van der Waals surface area contributed by atoms with Crippen molar-refractivity contribution in [3.05, 3.63) is 39.4 Å². The molecule has 0 unspecified atom stereocenters. The third-order valence-electron chi connectivity index (χ3n) is 1.64. The highest BCUT2D eigenvalue weighted by Crippen LogP contribution is 2.18. The van der Waals surface area contributed by atoms with Gasteiger partial charge in [0.15, 0.2) is 0 Å². The Labute approximate surface area is 90.4 Å². The van der Waals surface area contributed by atoms with Gasteiger partial charge in [0.1, 0.15) is 5.56 Å². The summed E-state index contributed by atoms with van der Waals surface area (Å²) in [6.07, 6.45) is 0. The van der Waals surface area contributed by atoms with Gasteiger partial charge in [-0.05, 0) is 18.1 Å². The monoisotopic (exact) mass is 215 g/mol. The molecule has 0 heterocycles. The lowest BCUT2D eigenvalue weighted by Gasteiger charge is -1.95. The van der Waals surface area contributed by atoms with Crippen LogP contribution in [-0.2, 0) is 4.79 Å². The van der Waals surface area contributed by atoms with Crippen LogP contribution in [0.15, 0.2) is 18.2 Å². The molecule has 0 aliphatic heterocycles. The summed E-state index contributed by atoms with van der Waals surface area (Å²) < 4.78 is 0. The normalized spacial score (nSPS) is 8.44. The third kappa shape index (κ3) is 2.56. The Balaban J connectivity index is 3.32. The first-order valence-corrected chi connectivity index (χ1v) is 4.04. The quantitative estimate of drug-likeness (QED) is 0.412. The molecular formula is C10H5N3O3. The SMILES string of the molecule is N#Cc1ccc(C#CC(N)=O)c([N+](=O)[O-])c1. The standard InChI is InChI=1S/C10H5N3O3/c11-6-7-1-2-8(3-4-10(12)14)9(5-7)13(15)16/h1-2,5H,(H2,12,14). The van der Waals surface area contributed by atoms with Crippen molar-refractivity contribution in [3.63, 3.8) is 0 Å². The van der Waals surface area contributed by atoms with E-state index < -0.39 is 10.8 Å². The number of carbonyl (C=O) groups is 1. The smallest absolute Gasteiger partial charge is 0.293 e. The Hall–Kier alpha value is -2.86. The Morgan fingerprint density at radius 2 is 2.19 bits per heavy atom. The van der Waals surface area contributed by atoms with Gasteiger partial charge in [0, 0.05) is 12.0 Å². The van der Waals surface area contributed by atoms with E-state index in [1.807, 2.05) is 5.92 Å². The average molecular weight is 215 g/mol. The van der Waals surface area contributed by atoms with Crippen molar-refractivity contribution < 1.29 is 9.72 Å². The predicted molar refractivity (Wildman–Crippen MR) is 53.9 cm³/mol. The number of benzene rings is 1. The molecule has 0 aliphatic carbocycles. The lowest BCUT2D eigenvalue weighted by Crippen LogP contribution is -2.06. The minimum atomic E-state index is -0.876. The number of nitro groups is 1. The second kappa shape index (κ2) is 4.58. The van der Waals surface area contributed by atoms with E-state index in [4.69, 9.17) is 11.0 Å². The Kier molecular flexibility index (Phi) is 3.21. The molecule has 1 amide bonds. The maximum Gasteiger partial charge on any atom is 0.293 e. The molecule has 78 valence electrons. The fraction of sp³-hybridized carbons (Fsp3) is 0. The van der Waals surface area contributed by atoms with Gasteiger partial charge in [-0.1, -0.05) is 0 Å². The van der Waals surface area contributed by atoms with Crippen molar-refractivity contribution in [2.24, 2.45) is 5.73 Å². The Bertz CT molecular complexity index is 561. The van der Waals surface area contributed by atoms with Gasteiger partial charge in [-0.3, -0.25) is 14.9 Å². The summed E-state index contributed by atoms with van der Waals surface area (Å²) in [4.78, 5) is 20.4. The minimum Gasteiger partial charge on any atom is -0.359 e. The van der Waals surface area contributed by atoms with Crippen molar-refractivity contribution >= 4 is 11.6 Å². The summed E-state index contributed by atoms with van der Waals surface area (Å²) in [5.41, 5.74) is 4.66. The summed E-state index contributed by atoms with van der Waals surface area (Å²) in [5.74, 6) is 3.39. The van der Waals surface area contributed by atoms with Gasteiger partial charge in [0.25, 0.3) is 11.6 Å². The zero-order chi connectivity index (χ0) is 12.1. The number of nitrogens with zero attached hydrogens (tertiary/aromatic N) is 2. The third-order valence-corrected chi connectivity index (χ3v) is 1.64. The van der Waals surface area contributed by atoms with Gasteiger partial charge in [-0.2, -0.15) is 5.26 Å². The zero-order valence-electron chi connectivity index (χ0n) is 7.93. The molecule has 1 rings (SSSR count). The Morgan fingerprint density at radius 1 is 1.50 bits per heavy atom. The maximum absolute atomic E-state index is 10.6. The molecule has 0 atom stereocenters. The van der Waals surface area contributed by atoms with E-state index in [9.17, 15) is 14.9 Å². The summed E-state index contributed by atoms with van der Waals surface area (Å²) in [6, 6.07) is 5.53. The maximum atomic E-state index is 10.6. The first-order chi connectivity index (χ1) is 7.54. The van der Waals surface area contributed by atoms with Crippen LogP contribution in [0, 0.1) is 33.3 Å². The van der Waals surface area contributed by atoms with Crippen LogP contribution < -0.4 is 5.73 Å². The van der Waals surface area contributed by atoms with Crippen LogP contribution in [0.3, 0.4) is 0 Å². The molecule has 0 spiro atoms. The van der Waals surface area contributed by atoms with E-state index >= 15 is 0 Å². The van der Waals surface area contributed by atoms with Crippen LogP contribution in [0.2, 0.25) is 0 Å². The van der Waals surface area contributed by atoms with Crippen molar-refractivity contribution in [3.8, 4) is 17.9 Å². The predicted octanol–water partition coefficient (Wildman–Crippen LogP) is 0.303. The molecule has 0 aliphatic rings. The summed E-state index contributed by atoms with van der Waals surface area (Å²) >= 11 is 0. The molecule has 0 radical (unpaired) electrons. The molecule has 0 saturated carbocycles. The molecule has 0 fully saturated rings. The number of primary amides is 1. The van der Waals surface area contributed by atoms with E-state index in [2.05, 4.69) is 5.92 Å². The molecule has 1 aromatic rings. The summed E-state index contributed by atoms with van der Waals surface area (Å²) in [5, 5.41) is 19.2. The van der Waals surface area contributed by atoms with Crippen LogP contribution in [0.4, 0.5) is 5.69 Å². The number of amides is 1. The van der Waals surface area contributed by atoms with Crippen molar-refractivity contribution in [1.29, 1.82) is 5.26 Å². The number of carbonyl (C=O) groups excluding carboxylic acids is 1. The average Bonchev–Trinajstić information content (AvgIpc) is 2.25. The molecule has 0 saturated heterocycles. The van der Waals surface area contributed by atoms with E-state index in [0.717, 1.165) is 6.07 Å². The number of nitrogens with two attached hydrogens (primary N) is 1. The van der Waals surface area contributed by atoms with Crippen molar-refractivity contribution in [1.82, 2.24) is 0 Å². The van der Waals surface area contributed by atoms with Crippen molar-refractivity contribution in [2.45, 2.75) is 0 Å². The summed E-state index contributed by atoms with van der Waals surface area (Å²) in [6.45, 7) is 0. The zero-order valence-corrected chi connectivity index (χ0v) is 7.93. The van der Waals surface area contributed by atoms with Crippen molar-refractivity contribution in [2.75, 3.05) is 0 Å². The highest BCUT2D eigenvalue weighted by Gasteiger charge is 2.12. The molecule has 0 bridgehead atoms. The first-order valence-electron chi connectivity index (χ1n) is 4.04. The van der Waals surface area contributed by atoms with Gasteiger partial charge in [0.2, 0.25) is 0 Å². The van der Waals surface area contributed by atoms with E-state index in [0.29, 0.717) is 0 Å². The number of hydrogen-bond acceptors (Lipinski definition) is 4. The fourth-order valence-corrected chi connectivity index (χ4v) is 0.987.